The summed E-state index contributed by atoms with van der Waals surface area (Å²) < 4.78 is 6.53. The second-order valence-corrected chi connectivity index (χ2v) is 3.26. The first-order valence-corrected chi connectivity index (χ1v) is 4.42. The molecule has 0 aliphatic rings. The van der Waals surface area contributed by atoms with Crippen LogP contribution in [0.3, 0.4) is 0 Å². The molecule has 0 fully saturated rings. The summed E-state index contributed by atoms with van der Waals surface area (Å²) in [6, 6.07) is 3.30. The third-order valence-corrected chi connectivity index (χ3v) is 2.37. The normalized spacial score (nSPS) is 10.5. The number of aromatic nitrogens is 2. The molecule has 5 nitrogen and oxygen atoms in total. The van der Waals surface area contributed by atoms with E-state index < -0.39 is 5.97 Å². The number of rotatable bonds is 2. The van der Waals surface area contributed by atoms with Crippen LogP contribution in [0.2, 0.25) is 0 Å². The number of hydrogen-bond donors (Lipinski definition) is 1. The summed E-state index contributed by atoms with van der Waals surface area (Å²) in [5, 5.41) is 12.5. The van der Waals surface area contributed by atoms with E-state index in [1.807, 2.05) is 0 Å². The standard InChI is InChI=1S/C10H10N2O3/c1-6-7(5-11-15-6)8-3-4-9(10(13)14)12(8)2/h3-5H,1-2H3,(H,13,14). The van der Waals surface area contributed by atoms with E-state index in [9.17, 15) is 4.79 Å². The topological polar surface area (TPSA) is 68.3 Å². The van der Waals surface area contributed by atoms with Gasteiger partial charge in [0, 0.05) is 7.05 Å². The fourth-order valence-electron chi connectivity index (χ4n) is 1.54. The summed E-state index contributed by atoms with van der Waals surface area (Å²) in [4.78, 5) is 10.8. The Balaban J connectivity index is 2.56. The van der Waals surface area contributed by atoms with Crippen LogP contribution in [0.15, 0.2) is 22.9 Å². The van der Waals surface area contributed by atoms with Crippen molar-refractivity contribution in [3.8, 4) is 11.3 Å². The Hall–Kier alpha value is -2.04. The first-order valence-electron chi connectivity index (χ1n) is 4.42. The van der Waals surface area contributed by atoms with Gasteiger partial charge in [-0.2, -0.15) is 0 Å². The monoisotopic (exact) mass is 206 g/mol. The van der Waals surface area contributed by atoms with Gasteiger partial charge in [0.05, 0.1) is 17.5 Å². The molecule has 78 valence electrons. The lowest BCUT2D eigenvalue weighted by molar-refractivity contribution is 0.0686. The molecule has 0 amide bonds. The van der Waals surface area contributed by atoms with E-state index in [2.05, 4.69) is 5.16 Å². The van der Waals surface area contributed by atoms with Crippen LogP contribution in [-0.4, -0.2) is 20.8 Å². The van der Waals surface area contributed by atoms with Crippen LogP contribution in [0, 0.1) is 6.92 Å². The number of carboxylic acids is 1. The van der Waals surface area contributed by atoms with Crippen LogP contribution in [0.4, 0.5) is 0 Å². The Kier molecular flexibility index (Phi) is 2.07. The zero-order chi connectivity index (χ0) is 11.0. The zero-order valence-corrected chi connectivity index (χ0v) is 8.39. The van der Waals surface area contributed by atoms with Gasteiger partial charge in [-0.05, 0) is 19.1 Å². The van der Waals surface area contributed by atoms with E-state index in [-0.39, 0.29) is 5.69 Å². The molecule has 0 atom stereocenters. The molecular weight excluding hydrogens is 196 g/mol. The van der Waals surface area contributed by atoms with Crippen molar-refractivity contribution < 1.29 is 14.4 Å². The highest BCUT2D eigenvalue weighted by atomic mass is 16.5. The summed E-state index contributed by atoms with van der Waals surface area (Å²) in [5.74, 6) is -0.272. The zero-order valence-electron chi connectivity index (χ0n) is 8.39. The maximum absolute atomic E-state index is 10.8. The van der Waals surface area contributed by atoms with Crippen LogP contribution in [0.5, 0.6) is 0 Å². The molecule has 0 aliphatic heterocycles. The van der Waals surface area contributed by atoms with Crippen LogP contribution >= 0.6 is 0 Å². The highest BCUT2D eigenvalue weighted by Crippen LogP contribution is 2.24. The second-order valence-electron chi connectivity index (χ2n) is 3.26. The highest BCUT2D eigenvalue weighted by Gasteiger charge is 2.15. The lowest BCUT2D eigenvalue weighted by Crippen LogP contribution is -2.05. The van der Waals surface area contributed by atoms with Gasteiger partial charge >= 0.3 is 5.97 Å². The highest BCUT2D eigenvalue weighted by molar-refractivity contribution is 5.87. The minimum absolute atomic E-state index is 0.241. The van der Waals surface area contributed by atoms with E-state index in [1.54, 1.807) is 36.9 Å². The second kappa shape index (κ2) is 3.27. The molecule has 0 spiro atoms. The van der Waals surface area contributed by atoms with Gasteiger partial charge in [-0.25, -0.2) is 4.79 Å². The number of nitrogens with zero attached hydrogens (tertiary/aromatic N) is 2. The van der Waals surface area contributed by atoms with Crippen molar-refractivity contribution in [1.29, 1.82) is 0 Å². The van der Waals surface area contributed by atoms with Gasteiger partial charge in [0.15, 0.2) is 0 Å². The Morgan fingerprint density at radius 3 is 2.73 bits per heavy atom. The molecular formula is C10H10N2O3. The molecule has 2 aromatic rings. The number of aryl methyl sites for hydroxylation is 1. The van der Waals surface area contributed by atoms with E-state index in [4.69, 9.17) is 9.63 Å². The smallest absolute Gasteiger partial charge is 0.352 e. The van der Waals surface area contributed by atoms with Crippen molar-refractivity contribution in [3.63, 3.8) is 0 Å². The SMILES string of the molecule is Cc1oncc1-c1ccc(C(=O)O)n1C. The summed E-state index contributed by atoms with van der Waals surface area (Å²) in [6.07, 6.45) is 1.58. The number of carboxylic acid groups (broad SMARTS) is 1. The van der Waals surface area contributed by atoms with Gasteiger partial charge in [0.1, 0.15) is 11.5 Å². The molecule has 0 saturated carbocycles. The largest absolute Gasteiger partial charge is 0.477 e. The lowest BCUT2D eigenvalue weighted by Gasteiger charge is -2.02. The average Bonchev–Trinajstić information content (AvgIpc) is 2.71. The molecule has 0 saturated heterocycles. The third-order valence-electron chi connectivity index (χ3n) is 2.37. The molecule has 2 aromatic heterocycles. The Labute approximate surface area is 85.9 Å². The molecule has 2 rings (SSSR count). The number of aromatic carboxylic acids is 1. The van der Waals surface area contributed by atoms with Crippen LogP contribution < -0.4 is 0 Å². The van der Waals surface area contributed by atoms with Crippen molar-refractivity contribution in [3.05, 3.63) is 29.8 Å². The molecule has 5 heteroatoms. The lowest BCUT2D eigenvalue weighted by atomic mass is 10.2. The predicted molar refractivity (Wildman–Crippen MR) is 52.6 cm³/mol. The summed E-state index contributed by atoms with van der Waals surface area (Å²) >= 11 is 0. The fraction of sp³-hybridized carbons (Fsp3) is 0.200. The van der Waals surface area contributed by atoms with E-state index >= 15 is 0 Å². The quantitative estimate of drug-likeness (QED) is 0.811. The predicted octanol–water partition coefficient (Wildman–Crippen LogP) is 1.69. The van der Waals surface area contributed by atoms with Gasteiger partial charge in [0.25, 0.3) is 0 Å². The molecule has 0 bridgehead atoms. The van der Waals surface area contributed by atoms with Gasteiger partial charge in [-0.3, -0.25) is 0 Å². The number of hydrogen-bond acceptors (Lipinski definition) is 3. The molecule has 2 heterocycles. The number of carbonyl (C=O) groups is 1. The first-order chi connectivity index (χ1) is 7.11. The van der Waals surface area contributed by atoms with Crippen LogP contribution in [-0.2, 0) is 7.05 Å². The minimum Gasteiger partial charge on any atom is -0.477 e. The van der Waals surface area contributed by atoms with Crippen LogP contribution in [0.1, 0.15) is 16.2 Å². The van der Waals surface area contributed by atoms with Gasteiger partial charge in [-0.15, -0.1) is 0 Å². The molecule has 0 unspecified atom stereocenters. The van der Waals surface area contributed by atoms with Crippen molar-refractivity contribution >= 4 is 5.97 Å². The van der Waals surface area contributed by atoms with Gasteiger partial charge < -0.3 is 14.2 Å². The van der Waals surface area contributed by atoms with Crippen molar-refractivity contribution in [2.24, 2.45) is 7.05 Å². The molecule has 0 aliphatic carbocycles. The summed E-state index contributed by atoms with van der Waals surface area (Å²) in [5.41, 5.74) is 1.83. The fourth-order valence-corrected chi connectivity index (χ4v) is 1.54. The van der Waals surface area contributed by atoms with Crippen molar-refractivity contribution in [2.45, 2.75) is 6.92 Å². The third kappa shape index (κ3) is 1.41. The minimum atomic E-state index is -0.946. The maximum atomic E-state index is 10.8. The van der Waals surface area contributed by atoms with Gasteiger partial charge in [0.2, 0.25) is 0 Å². The van der Waals surface area contributed by atoms with E-state index in [0.29, 0.717) is 5.76 Å². The maximum Gasteiger partial charge on any atom is 0.352 e. The molecule has 0 radical (unpaired) electrons. The molecule has 0 aromatic carbocycles. The Morgan fingerprint density at radius 2 is 2.27 bits per heavy atom. The summed E-state index contributed by atoms with van der Waals surface area (Å²) in [7, 11) is 1.70. The Morgan fingerprint density at radius 1 is 1.53 bits per heavy atom. The Bertz CT molecular complexity index is 510. The molecule has 1 N–H and O–H groups in total. The first kappa shape index (κ1) is 9.51. The van der Waals surface area contributed by atoms with E-state index in [1.165, 1.54) is 0 Å². The van der Waals surface area contributed by atoms with Gasteiger partial charge in [-0.1, -0.05) is 5.16 Å². The summed E-state index contributed by atoms with van der Waals surface area (Å²) in [6.45, 7) is 1.79. The average molecular weight is 206 g/mol. The van der Waals surface area contributed by atoms with E-state index in [0.717, 1.165) is 11.3 Å². The van der Waals surface area contributed by atoms with Crippen molar-refractivity contribution in [2.75, 3.05) is 0 Å². The van der Waals surface area contributed by atoms with Crippen molar-refractivity contribution in [1.82, 2.24) is 9.72 Å². The molecule has 15 heavy (non-hydrogen) atoms. The van der Waals surface area contributed by atoms with Crippen LogP contribution in [0.25, 0.3) is 11.3 Å².